The molecule has 0 spiro atoms. The number of hydrogen-bond donors (Lipinski definition) is 1. The molecule has 9 heteroatoms. The van der Waals surface area contributed by atoms with Crippen LogP contribution in [0.3, 0.4) is 0 Å². The molecule has 0 saturated carbocycles. The molecular formula is C24H23F3N4O2. The number of alkyl halides is 3. The summed E-state index contributed by atoms with van der Waals surface area (Å²) in [5.41, 5.74) is 1.40. The summed E-state index contributed by atoms with van der Waals surface area (Å²) in [7, 11) is 0. The van der Waals surface area contributed by atoms with Crippen LogP contribution in [0.4, 0.5) is 29.3 Å². The van der Waals surface area contributed by atoms with Crippen LogP contribution in [0.1, 0.15) is 34.1 Å². The Morgan fingerprint density at radius 1 is 1.09 bits per heavy atom. The molecule has 172 valence electrons. The maximum atomic E-state index is 13.4. The minimum absolute atomic E-state index is 0.110. The molecule has 0 bridgehead atoms. The Bertz CT molecular complexity index is 1260. The first kappa shape index (κ1) is 22.6. The topological polar surface area (TPSA) is 65.5 Å². The van der Waals surface area contributed by atoms with E-state index in [4.69, 9.17) is 0 Å². The average Bonchev–Trinajstić information content (AvgIpc) is 3.14. The van der Waals surface area contributed by atoms with E-state index in [2.05, 4.69) is 10.3 Å². The molecule has 0 atom stereocenters. The number of rotatable bonds is 4. The lowest BCUT2D eigenvalue weighted by atomic mass is 10.0. The molecule has 3 aromatic rings. The summed E-state index contributed by atoms with van der Waals surface area (Å²) in [5.74, 6) is -0.883. The van der Waals surface area contributed by atoms with Crippen LogP contribution in [0.15, 0.2) is 42.5 Å². The fourth-order valence-corrected chi connectivity index (χ4v) is 4.13. The first-order valence-electron chi connectivity index (χ1n) is 10.6. The zero-order valence-corrected chi connectivity index (χ0v) is 18.5. The number of amides is 3. The summed E-state index contributed by atoms with van der Waals surface area (Å²) in [6, 6.07) is 9.60. The zero-order chi connectivity index (χ0) is 23.9. The number of likely N-dealkylation sites (N-methyl/N-ethyl adjacent to an activating group) is 1. The Morgan fingerprint density at radius 2 is 1.82 bits per heavy atom. The predicted octanol–water partition coefficient (Wildman–Crippen LogP) is 5.38. The first-order chi connectivity index (χ1) is 15.6. The number of hydrogen-bond acceptors (Lipinski definition) is 3. The van der Waals surface area contributed by atoms with Crippen molar-refractivity contribution in [1.29, 1.82) is 0 Å². The summed E-state index contributed by atoms with van der Waals surface area (Å²) in [6.07, 6.45) is -4.66. The lowest BCUT2D eigenvalue weighted by Crippen LogP contribution is -2.32. The molecule has 1 fully saturated rings. The second-order valence-corrected chi connectivity index (χ2v) is 7.88. The number of anilines is 2. The van der Waals surface area contributed by atoms with Crippen LogP contribution in [0.2, 0.25) is 0 Å². The Morgan fingerprint density at radius 3 is 2.48 bits per heavy atom. The number of carbonyl (C=O) groups excluding carboxylic acids is 2. The molecule has 0 radical (unpaired) electrons. The summed E-state index contributed by atoms with van der Waals surface area (Å²) in [6.45, 7) is 7.30. The molecule has 0 unspecified atom stereocenters. The fourth-order valence-electron chi connectivity index (χ4n) is 4.13. The van der Waals surface area contributed by atoms with Crippen LogP contribution in [-0.2, 0) is 6.18 Å². The van der Waals surface area contributed by atoms with E-state index in [1.54, 1.807) is 34.9 Å². The van der Waals surface area contributed by atoms with Crippen molar-refractivity contribution in [1.82, 2.24) is 9.88 Å². The van der Waals surface area contributed by atoms with Crippen molar-refractivity contribution in [3.63, 3.8) is 0 Å². The first-order valence-corrected chi connectivity index (χ1v) is 10.6. The van der Waals surface area contributed by atoms with Gasteiger partial charge in [0.25, 0.3) is 5.91 Å². The van der Waals surface area contributed by atoms with Gasteiger partial charge in [0.05, 0.1) is 28.0 Å². The van der Waals surface area contributed by atoms with Crippen LogP contribution in [0.25, 0.3) is 10.9 Å². The summed E-state index contributed by atoms with van der Waals surface area (Å²) >= 11 is 0. The van der Waals surface area contributed by atoms with Crippen molar-refractivity contribution in [3.05, 3.63) is 64.8 Å². The van der Waals surface area contributed by atoms with E-state index in [-0.39, 0.29) is 11.7 Å². The lowest BCUT2D eigenvalue weighted by molar-refractivity contribution is -0.137. The van der Waals surface area contributed by atoms with Gasteiger partial charge in [-0.15, -0.1) is 0 Å². The average molecular weight is 456 g/mol. The standard InChI is InChI=1S/C24H23F3N4O2/c1-4-30-12-13-31(23(30)33)21-14(2)15(3)28-20-17(21)9-7-11-19(20)29-22(32)16-8-5-6-10-18(16)24(25,26)27/h5-11H,4,12-13H2,1-3H3,(H,29,32). The quantitative estimate of drug-likeness (QED) is 0.573. The highest BCUT2D eigenvalue weighted by atomic mass is 19.4. The summed E-state index contributed by atoms with van der Waals surface area (Å²) in [4.78, 5) is 33.8. The molecular weight excluding hydrogens is 433 g/mol. The molecule has 2 aromatic carbocycles. The number of fused-ring (bicyclic) bond motifs is 1. The number of benzene rings is 2. The molecule has 1 saturated heterocycles. The Labute approximate surface area is 189 Å². The maximum Gasteiger partial charge on any atom is 0.417 e. The van der Waals surface area contributed by atoms with Crippen molar-refractivity contribution in [2.45, 2.75) is 26.9 Å². The highest BCUT2D eigenvalue weighted by Crippen LogP contribution is 2.37. The van der Waals surface area contributed by atoms with Crippen molar-refractivity contribution in [3.8, 4) is 0 Å². The molecule has 2 heterocycles. The molecule has 33 heavy (non-hydrogen) atoms. The van der Waals surface area contributed by atoms with Crippen LogP contribution < -0.4 is 10.2 Å². The van der Waals surface area contributed by atoms with Gasteiger partial charge < -0.3 is 10.2 Å². The Balaban J connectivity index is 1.80. The van der Waals surface area contributed by atoms with E-state index in [1.807, 2.05) is 13.8 Å². The van der Waals surface area contributed by atoms with Gasteiger partial charge in [-0.05, 0) is 44.5 Å². The van der Waals surface area contributed by atoms with Gasteiger partial charge in [-0.2, -0.15) is 13.2 Å². The molecule has 0 aliphatic carbocycles. The highest BCUT2D eigenvalue weighted by molar-refractivity contribution is 6.12. The number of urea groups is 1. The normalized spacial score (nSPS) is 14.3. The van der Waals surface area contributed by atoms with Crippen molar-refractivity contribution in [2.24, 2.45) is 0 Å². The van der Waals surface area contributed by atoms with Crippen LogP contribution in [0.5, 0.6) is 0 Å². The van der Waals surface area contributed by atoms with E-state index in [9.17, 15) is 22.8 Å². The predicted molar refractivity (Wildman–Crippen MR) is 121 cm³/mol. The maximum absolute atomic E-state index is 13.4. The van der Waals surface area contributed by atoms with Gasteiger partial charge in [0.2, 0.25) is 0 Å². The third-order valence-corrected chi connectivity index (χ3v) is 5.94. The molecule has 1 N–H and O–H groups in total. The minimum Gasteiger partial charge on any atom is -0.323 e. The Kier molecular flexibility index (Phi) is 5.73. The molecule has 4 rings (SSSR count). The highest BCUT2D eigenvalue weighted by Gasteiger charge is 2.35. The van der Waals surface area contributed by atoms with E-state index in [0.29, 0.717) is 41.9 Å². The molecule has 1 aliphatic heterocycles. The minimum atomic E-state index is -4.66. The number of nitrogens with one attached hydrogen (secondary N) is 1. The SMILES string of the molecule is CCN1CCN(c2c(C)c(C)nc3c(NC(=O)c4ccccc4C(F)(F)F)cccc23)C1=O. The molecule has 6 nitrogen and oxygen atoms in total. The third-order valence-electron chi connectivity index (χ3n) is 5.94. The van der Waals surface area contributed by atoms with Gasteiger partial charge in [0.1, 0.15) is 0 Å². The van der Waals surface area contributed by atoms with E-state index in [1.165, 1.54) is 12.1 Å². The largest absolute Gasteiger partial charge is 0.417 e. The summed E-state index contributed by atoms with van der Waals surface area (Å²) < 4.78 is 40.2. The Hall–Kier alpha value is -3.62. The van der Waals surface area contributed by atoms with Gasteiger partial charge >= 0.3 is 12.2 Å². The lowest BCUT2D eigenvalue weighted by Gasteiger charge is -2.23. The monoisotopic (exact) mass is 456 g/mol. The van der Waals surface area contributed by atoms with E-state index < -0.39 is 23.2 Å². The fraction of sp³-hybridized carbons (Fsp3) is 0.292. The number of nitrogens with zero attached hydrogens (tertiary/aromatic N) is 3. The number of aryl methyl sites for hydroxylation is 1. The number of pyridine rings is 1. The summed E-state index contributed by atoms with van der Waals surface area (Å²) in [5, 5.41) is 3.24. The second kappa shape index (κ2) is 8.38. The third kappa shape index (κ3) is 3.99. The van der Waals surface area contributed by atoms with Crippen LogP contribution in [-0.4, -0.2) is 41.5 Å². The van der Waals surface area contributed by atoms with Crippen LogP contribution >= 0.6 is 0 Å². The van der Waals surface area contributed by atoms with Gasteiger partial charge in [-0.25, -0.2) is 4.79 Å². The van der Waals surface area contributed by atoms with Crippen LogP contribution in [0, 0.1) is 13.8 Å². The number of carbonyl (C=O) groups is 2. The van der Waals surface area contributed by atoms with Crippen molar-refractivity contribution in [2.75, 3.05) is 29.9 Å². The number of para-hydroxylation sites is 1. The molecule has 3 amide bonds. The number of aromatic nitrogens is 1. The van der Waals surface area contributed by atoms with Crippen molar-refractivity contribution >= 4 is 34.2 Å². The van der Waals surface area contributed by atoms with Gasteiger partial charge in [0, 0.05) is 30.7 Å². The van der Waals surface area contributed by atoms with E-state index in [0.717, 1.165) is 17.7 Å². The molecule has 1 aliphatic rings. The zero-order valence-electron chi connectivity index (χ0n) is 18.5. The van der Waals surface area contributed by atoms with Gasteiger partial charge in [0.15, 0.2) is 0 Å². The van der Waals surface area contributed by atoms with E-state index >= 15 is 0 Å². The molecule has 1 aromatic heterocycles. The smallest absolute Gasteiger partial charge is 0.323 e. The second-order valence-electron chi connectivity index (χ2n) is 7.88. The van der Waals surface area contributed by atoms with Crippen molar-refractivity contribution < 1.29 is 22.8 Å². The van der Waals surface area contributed by atoms with Gasteiger partial charge in [-0.1, -0.05) is 24.3 Å². The van der Waals surface area contributed by atoms with Gasteiger partial charge in [-0.3, -0.25) is 14.7 Å². The number of halogens is 3.